The minimum absolute atomic E-state index is 0.235. The quantitative estimate of drug-likeness (QED) is 0.410. The van der Waals surface area contributed by atoms with Gasteiger partial charge in [-0.3, -0.25) is 0 Å². The van der Waals surface area contributed by atoms with E-state index >= 15 is 0 Å². The maximum atomic E-state index is 11.2. The summed E-state index contributed by atoms with van der Waals surface area (Å²) in [6.07, 6.45) is 7.77. The molecule has 0 amide bonds. The number of hydrogen-bond acceptors (Lipinski definition) is 7. The molecule has 1 aromatic carbocycles. The minimum atomic E-state index is -0.955. The van der Waals surface area contributed by atoms with Gasteiger partial charge in [0.15, 0.2) is 17.0 Å². The maximum Gasteiger partial charge on any atom is 0.335 e. The van der Waals surface area contributed by atoms with Crippen molar-refractivity contribution >= 4 is 34.6 Å². The number of hydrogen-bond donors (Lipinski definition) is 4. The molecule has 9 heteroatoms. The van der Waals surface area contributed by atoms with Gasteiger partial charge in [0.25, 0.3) is 0 Å². The second-order valence-corrected chi connectivity index (χ2v) is 8.45. The van der Waals surface area contributed by atoms with Gasteiger partial charge in [0.1, 0.15) is 0 Å². The van der Waals surface area contributed by atoms with E-state index in [0.717, 1.165) is 49.9 Å². The highest BCUT2D eigenvalue weighted by atomic mass is 16.4. The normalized spacial score (nSPS) is 18.8. The van der Waals surface area contributed by atoms with Gasteiger partial charge >= 0.3 is 5.97 Å². The fourth-order valence-corrected chi connectivity index (χ4v) is 4.30. The van der Waals surface area contributed by atoms with Crippen molar-refractivity contribution in [2.75, 3.05) is 10.6 Å². The van der Waals surface area contributed by atoms with Gasteiger partial charge in [0.05, 0.1) is 11.9 Å². The van der Waals surface area contributed by atoms with Gasteiger partial charge in [-0.15, -0.1) is 0 Å². The highest BCUT2D eigenvalue weighted by molar-refractivity contribution is 5.89. The zero-order valence-corrected chi connectivity index (χ0v) is 18.6. The first-order valence-electron chi connectivity index (χ1n) is 11.4. The van der Waals surface area contributed by atoms with Gasteiger partial charge in [0, 0.05) is 23.8 Å². The van der Waals surface area contributed by atoms with E-state index < -0.39 is 5.97 Å². The number of carboxylic acid groups (broad SMARTS) is 1. The number of nitrogens with one attached hydrogen (secondary N) is 2. The lowest BCUT2D eigenvalue weighted by molar-refractivity contribution is 0.0697. The number of aromatic nitrogens is 4. The molecule has 4 rings (SSSR count). The second kappa shape index (κ2) is 9.52. The number of carboxylic acids is 1. The zero-order valence-electron chi connectivity index (χ0n) is 18.6. The Morgan fingerprint density at radius 1 is 1.16 bits per heavy atom. The number of anilines is 3. The largest absolute Gasteiger partial charge is 0.478 e. The monoisotopic (exact) mass is 437 g/mol. The topological polar surface area (TPSA) is 131 Å². The van der Waals surface area contributed by atoms with Crippen LogP contribution < -0.4 is 16.4 Å². The highest BCUT2D eigenvalue weighted by Crippen LogP contribution is 2.29. The van der Waals surface area contributed by atoms with Gasteiger partial charge in [0.2, 0.25) is 5.95 Å². The molecule has 5 N–H and O–H groups in total. The van der Waals surface area contributed by atoms with E-state index in [2.05, 4.69) is 34.0 Å². The van der Waals surface area contributed by atoms with Gasteiger partial charge in [-0.1, -0.05) is 13.8 Å². The van der Waals surface area contributed by atoms with E-state index in [4.69, 9.17) is 20.8 Å². The highest BCUT2D eigenvalue weighted by Gasteiger charge is 2.22. The lowest BCUT2D eigenvalue weighted by Crippen LogP contribution is -2.33. The standard InChI is InChI=1S/C23H31N7O2/c1-3-18(4-2)30-13-25-19-20(26-16-9-5-14(6-10-16)22(31)32)28-23(29-21(19)30)27-17-11-7-15(24)8-12-17/h5-6,9-10,13,15,17-18H,3-4,7-8,11-12,24H2,1-2H3,(H,31,32)(H2,26,27,28,29)/t15-,17-. The Morgan fingerprint density at radius 3 is 2.47 bits per heavy atom. The van der Waals surface area contributed by atoms with Crippen LogP contribution in [-0.4, -0.2) is 42.7 Å². The Labute approximate surface area is 187 Å². The van der Waals surface area contributed by atoms with Gasteiger partial charge in [-0.25, -0.2) is 9.78 Å². The molecule has 0 unspecified atom stereocenters. The summed E-state index contributed by atoms with van der Waals surface area (Å²) in [7, 11) is 0. The van der Waals surface area contributed by atoms with E-state index in [-0.39, 0.29) is 11.6 Å². The molecule has 1 aliphatic rings. The molecule has 2 aromatic heterocycles. The molecule has 9 nitrogen and oxygen atoms in total. The number of nitrogens with zero attached hydrogens (tertiary/aromatic N) is 4. The third kappa shape index (κ3) is 4.67. The van der Waals surface area contributed by atoms with Crippen LogP contribution in [0.3, 0.4) is 0 Å². The molecule has 1 saturated carbocycles. The van der Waals surface area contributed by atoms with Crippen molar-refractivity contribution in [2.45, 2.75) is 70.5 Å². The van der Waals surface area contributed by atoms with Crippen LogP contribution in [0.2, 0.25) is 0 Å². The van der Waals surface area contributed by atoms with Crippen molar-refractivity contribution < 1.29 is 9.90 Å². The van der Waals surface area contributed by atoms with E-state index in [0.29, 0.717) is 29.4 Å². The summed E-state index contributed by atoms with van der Waals surface area (Å²) in [4.78, 5) is 25.3. The van der Waals surface area contributed by atoms with Gasteiger partial charge in [-0.05, 0) is 62.8 Å². The summed E-state index contributed by atoms with van der Waals surface area (Å²) in [6.45, 7) is 4.32. The van der Waals surface area contributed by atoms with Crippen molar-refractivity contribution in [3.8, 4) is 0 Å². The average molecular weight is 438 g/mol. The van der Waals surface area contributed by atoms with Crippen LogP contribution in [0.1, 0.15) is 68.8 Å². The fourth-order valence-electron chi connectivity index (χ4n) is 4.30. The lowest BCUT2D eigenvalue weighted by atomic mass is 9.92. The molecule has 170 valence electrons. The third-order valence-electron chi connectivity index (χ3n) is 6.26. The molecule has 0 spiro atoms. The Hall–Kier alpha value is -3.20. The zero-order chi connectivity index (χ0) is 22.7. The SMILES string of the molecule is CCC(CC)n1cnc2c(Nc3ccc(C(=O)O)cc3)nc(N[C@H]3CC[C@H](N)CC3)nc21. The Balaban J connectivity index is 1.69. The first kappa shape index (κ1) is 22.0. The summed E-state index contributed by atoms with van der Waals surface area (Å²) in [5.74, 6) is 0.205. The van der Waals surface area contributed by atoms with Crippen molar-refractivity contribution in [1.29, 1.82) is 0 Å². The average Bonchev–Trinajstić information content (AvgIpc) is 3.21. The molecule has 0 aliphatic heterocycles. The van der Waals surface area contributed by atoms with Crippen LogP contribution in [-0.2, 0) is 0 Å². The van der Waals surface area contributed by atoms with E-state index in [1.54, 1.807) is 24.3 Å². The minimum Gasteiger partial charge on any atom is -0.478 e. The second-order valence-electron chi connectivity index (χ2n) is 8.45. The number of rotatable bonds is 8. The molecule has 0 saturated heterocycles. The van der Waals surface area contributed by atoms with Crippen molar-refractivity contribution in [1.82, 2.24) is 19.5 Å². The maximum absolute atomic E-state index is 11.2. The molecule has 1 aliphatic carbocycles. The molecule has 0 atom stereocenters. The lowest BCUT2D eigenvalue weighted by Gasteiger charge is -2.27. The predicted molar refractivity (Wildman–Crippen MR) is 125 cm³/mol. The summed E-state index contributed by atoms with van der Waals surface area (Å²) in [5, 5.41) is 16.0. The van der Waals surface area contributed by atoms with Crippen LogP contribution >= 0.6 is 0 Å². The van der Waals surface area contributed by atoms with E-state index in [1.807, 2.05) is 6.33 Å². The first-order chi connectivity index (χ1) is 15.5. The van der Waals surface area contributed by atoms with Crippen molar-refractivity contribution in [2.24, 2.45) is 5.73 Å². The molecule has 3 aromatic rings. The summed E-state index contributed by atoms with van der Waals surface area (Å²) < 4.78 is 2.12. The van der Waals surface area contributed by atoms with Crippen LogP contribution in [0.4, 0.5) is 17.5 Å². The Kier molecular flexibility index (Phi) is 6.55. The Bertz CT molecular complexity index is 1070. The van der Waals surface area contributed by atoms with E-state index in [1.165, 1.54) is 0 Å². The van der Waals surface area contributed by atoms with Gasteiger partial charge in [-0.2, -0.15) is 9.97 Å². The van der Waals surface area contributed by atoms with E-state index in [9.17, 15) is 4.79 Å². The van der Waals surface area contributed by atoms with Crippen molar-refractivity contribution in [3.63, 3.8) is 0 Å². The predicted octanol–water partition coefficient (Wildman–Crippen LogP) is 4.31. The fraction of sp³-hybridized carbons (Fsp3) is 0.478. The van der Waals surface area contributed by atoms with Crippen LogP contribution in [0, 0.1) is 0 Å². The van der Waals surface area contributed by atoms with Crippen LogP contribution in [0.25, 0.3) is 11.2 Å². The summed E-state index contributed by atoms with van der Waals surface area (Å²) >= 11 is 0. The first-order valence-corrected chi connectivity index (χ1v) is 11.4. The number of imidazole rings is 1. The van der Waals surface area contributed by atoms with Crippen LogP contribution in [0.5, 0.6) is 0 Å². The molecule has 2 heterocycles. The Morgan fingerprint density at radius 2 is 1.84 bits per heavy atom. The molecule has 0 radical (unpaired) electrons. The number of aromatic carboxylic acids is 1. The van der Waals surface area contributed by atoms with Gasteiger partial charge < -0.3 is 26.0 Å². The number of benzene rings is 1. The molecule has 32 heavy (non-hydrogen) atoms. The molecule has 0 bridgehead atoms. The number of carbonyl (C=O) groups is 1. The third-order valence-corrected chi connectivity index (χ3v) is 6.26. The smallest absolute Gasteiger partial charge is 0.335 e. The molecular weight excluding hydrogens is 406 g/mol. The molecular formula is C23H31N7O2. The number of fused-ring (bicyclic) bond motifs is 1. The molecule has 1 fully saturated rings. The summed E-state index contributed by atoms with van der Waals surface area (Å²) in [6, 6.07) is 7.46. The summed E-state index contributed by atoms with van der Waals surface area (Å²) in [5.41, 5.74) is 8.51. The number of nitrogens with two attached hydrogens (primary N) is 1. The van der Waals surface area contributed by atoms with Crippen molar-refractivity contribution in [3.05, 3.63) is 36.2 Å². The van der Waals surface area contributed by atoms with Crippen LogP contribution in [0.15, 0.2) is 30.6 Å².